The van der Waals surface area contributed by atoms with E-state index in [0.717, 1.165) is 11.4 Å². The zero-order valence-electron chi connectivity index (χ0n) is 12.3. The first-order valence-electron chi connectivity index (χ1n) is 5.82. The average Bonchev–Trinajstić information content (AvgIpc) is 2.33. The minimum atomic E-state index is -10.7. The predicted molar refractivity (Wildman–Crippen MR) is 74.6 cm³/mol. The number of aromatic nitrogens is 2. The van der Waals surface area contributed by atoms with E-state index < -0.39 is 15.6 Å². The Hall–Kier alpha value is -1.16. The summed E-state index contributed by atoms with van der Waals surface area (Å²) >= 11 is 0. The fraction of sp³-hybridized carbons (Fsp3) is 0. The fourth-order valence-electron chi connectivity index (χ4n) is 1.03. The number of hydrogen-bond acceptors (Lipinski definition) is 2. The summed E-state index contributed by atoms with van der Waals surface area (Å²) in [7, 11) is -21.3. The molecule has 0 aromatic carbocycles. The minimum absolute atomic E-state index is 0. The van der Waals surface area contributed by atoms with E-state index in [4.69, 9.17) is 0 Å². The van der Waals surface area contributed by atoms with Crippen molar-refractivity contribution < 1.29 is 67.4 Å². The predicted octanol–water partition coefficient (Wildman–Crippen LogP) is 8.91. The van der Waals surface area contributed by atoms with Gasteiger partial charge in [0.05, 0.1) is 11.4 Å². The van der Waals surface area contributed by atoms with Crippen molar-refractivity contribution in [2.75, 3.05) is 0 Å². The summed E-state index contributed by atoms with van der Waals surface area (Å²) in [6, 6.07) is 11.6. The molecule has 0 fully saturated rings. The molecule has 2 rings (SSSR count). The van der Waals surface area contributed by atoms with Crippen LogP contribution in [-0.2, 0) is 17.1 Å². The molecule has 2 heterocycles. The Morgan fingerprint density at radius 1 is 0.481 bits per heavy atom. The Morgan fingerprint density at radius 2 is 0.704 bits per heavy atom. The van der Waals surface area contributed by atoms with Gasteiger partial charge in [0.1, 0.15) is 0 Å². The zero-order chi connectivity index (χ0) is 21.0. The first kappa shape index (κ1) is 28.1. The van der Waals surface area contributed by atoms with Crippen molar-refractivity contribution in [3.8, 4) is 11.4 Å². The van der Waals surface area contributed by atoms with Gasteiger partial charge in [0.25, 0.3) is 0 Å². The second-order valence-corrected chi connectivity index (χ2v) is 8.18. The third-order valence-electron chi connectivity index (χ3n) is 1.59. The van der Waals surface area contributed by atoms with Crippen LogP contribution in [0.3, 0.4) is 0 Å². The van der Waals surface area contributed by atoms with E-state index in [9.17, 15) is 50.4 Å². The molecule has 0 bridgehead atoms. The van der Waals surface area contributed by atoms with Crippen LogP contribution in [0.5, 0.6) is 0 Å². The van der Waals surface area contributed by atoms with Crippen LogP contribution in [0.4, 0.5) is 50.4 Å². The summed E-state index contributed by atoms with van der Waals surface area (Å²) in [6.45, 7) is 0. The third kappa shape index (κ3) is 36.5. The number of nitrogens with zero attached hydrogens (tertiary/aromatic N) is 2. The summed E-state index contributed by atoms with van der Waals surface area (Å²) in [6.07, 6.45) is 3.54. The maximum absolute atomic E-state index is 10.7. The van der Waals surface area contributed by atoms with E-state index in [-0.39, 0.29) is 17.1 Å². The molecular weight excluding hydrogens is 494 g/mol. The molecule has 0 aliphatic rings. The van der Waals surface area contributed by atoms with Crippen molar-refractivity contribution in [2.45, 2.75) is 0 Å². The summed E-state index contributed by atoms with van der Waals surface area (Å²) < 4.78 is 118. The standard InChI is InChI=1S/C10H8N2.2F6P.Fe/c1-3-7-11-9(5-1)10-6-2-4-8-12-10;2*1-7(2,3,4,5)6;/h1-8H;;;/q;2*-1;+2. The van der Waals surface area contributed by atoms with Crippen LogP contribution in [0.2, 0.25) is 0 Å². The van der Waals surface area contributed by atoms with Crippen molar-refractivity contribution in [1.82, 2.24) is 9.97 Å². The maximum Gasteiger partial charge on any atom is 2.00 e. The van der Waals surface area contributed by atoms with Crippen LogP contribution >= 0.6 is 15.6 Å². The Bertz CT molecular complexity index is 627. The third-order valence-corrected chi connectivity index (χ3v) is 1.59. The normalized spacial score (nSPS) is 16.3. The number of pyridine rings is 2. The second-order valence-electron chi connectivity index (χ2n) is 4.35. The molecule has 0 unspecified atom stereocenters. The van der Waals surface area contributed by atoms with Gasteiger partial charge >= 0.3 is 83.0 Å². The van der Waals surface area contributed by atoms with Crippen LogP contribution in [0.15, 0.2) is 48.8 Å². The number of halogens is 12. The number of rotatable bonds is 1. The molecular formula is C10H8F12FeN2P2. The molecule has 0 N–H and O–H groups in total. The molecule has 0 saturated heterocycles. The molecule has 17 heteroatoms. The van der Waals surface area contributed by atoms with E-state index >= 15 is 0 Å². The first-order chi connectivity index (χ1) is 10.9. The van der Waals surface area contributed by atoms with E-state index in [1.54, 1.807) is 12.4 Å². The first-order valence-corrected chi connectivity index (χ1v) is 9.88. The molecule has 0 atom stereocenters. The largest absolute Gasteiger partial charge is 2.00 e. The van der Waals surface area contributed by atoms with Gasteiger partial charge in [-0.15, -0.1) is 0 Å². The van der Waals surface area contributed by atoms with Crippen LogP contribution < -0.4 is 0 Å². The molecule has 0 radical (unpaired) electrons. The molecule has 160 valence electrons. The molecule has 0 aliphatic carbocycles. The Kier molecular flexibility index (Phi) is 7.30. The Balaban J connectivity index is 0. The van der Waals surface area contributed by atoms with Crippen molar-refractivity contribution in [3.05, 3.63) is 48.8 Å². The van der Waals surface area contributed by atoms with E-state index in [1.165, 1.54) is 0 Å². The summed E-state index contributed by atoms with van der Waals surface area (Å²) in [5, 5.41) is 0. The molecule has 27 heavy (non-hydrogen) atoms. The van der Waals surface area contributed by atoms with Gasteiger partial charge in [0.2, 0.25) is 0 Å². The van der Waals surface area contributed by atoms with Gasteiger partial charge in [-0.2, -0.15) is 0 Å². The maximum atomic E-state index is 9.87. The van der Waals surface area contributed by atoms with Crippen molar-refractivity contribution >= 4 is 15.6 Å². The molecule has 2 nitrogen and oxygen atoms in total. The summed E-state index contributed by atoms with van der Waals surface area (Å²) in [5.74, 6) is 0. The van der Waals surface area contributed by atoms with Gasteiger partial charge in [-0.25, -0.2) is 0 Å². The molecule has 0 spiro atoms. The Morgan fingerprint density at radius 3 is 0.852 bits per heavy atom. The summed E-state index contributed by atoms with van der Waals surface area (Å²) in [5.41, 5.74) is 1.83. The Labute approximate surface area is 153 Å². The van der Waals surface area contributed by atoms with E-state index in [0.29, 0.717) is 0 Å². The van der Waals surface area contributed by atoms with Crippen LogP contribution in [-0.4, -0.2) is 9.97 Å². The van der Waals surface area contributed by atoms with Crippen molar-refractivity contribution in [3.63, 3.8) is 0 Å². The number of hydrogen-bond donors (Lipinski definition) is 0. The molecule has 0 aliphatic heterocycles. The van der Waals surface area contributed by atoms with E-state index in [2.05, 4.69) is 9.97 Å². The van der Waals surface area contributed by atoms with Gasteiger partial charge in [0, 0.05) is 12.4 Å². The smallest absolute Gasteiger partial charge is 0.255 e. The van der Waals surface area contributed by atoms with Crippen molar-refractivity contribution in [1.29, 1.82) is 0 Å². The molecule has 2 aromatic heterocycles. The zero-order valence-corrected chi connectivity index (χ0v) is 15.2. The molecule has 0 amide bonds. The summed E-state index contributed by atoms with van der Waals surface area (Å²) in [4.78, 5) is 8.37. The van der Waals surface area contributed by atoms with E-state index in [1.807, 2.05) is 36.4 Å². The van der Waals surface area contributed by atoms with Gasteiger partial charge in [-0.05, 0) is 24.3 Å². The van der Waals surface area contributed by atoms with Crippen molar-refractivity contribution in [2.24, 2.45) is 0 Å². The van der Waals surface area contributed by atoms with Gasteiger partial charge in [-0.3, -0.25) is 9.97 Å². The fourth-order valence-corrected chi connectivity index (χ4v) is 1.03. The van der Waals surface area contributed by atoms with Crippen LogP contribution in [0.25, 0.3) is 11.4 Å². The van der Waals surface area contributed by atoms with Gasteiger partial charge in [-0.1, -0.05) is 12.1 Å². The van der Waals surface area contributed by atoms with Gasteiger partial charge in [0.15, 0.2) is 0 Å². The quantitative estimate of drug-likeness (QED) is 0.221. The monoisotopic (exact) mass is 502 g/mol. The average molecular weight is 502 g/mol. The molecule has 2 aromatic rings. The molecule has 0 saturated carbocycles. The van der Waals surface area contributed by atoms with Crippen LogP contribution in [0.1, 0.15) is 0 Å². The second kappa shape index (κ2) is 7.02. The SMILES string of the molecule is F[P-](F)(F)(F)(F)F.F[P-](F)(F)(F)(F)F.[Fe+2].c1ccc(-c2ccccn2)nc1. The minimum Gasteiger partial charge on any atom is -0.255 e. The van der Waals surface area contributed by atoms with Gasteiger partial charge < -0.3 is 0 Å². The van der Waals surface area contributed by atoms with Crippen LogP contribution in [0, 0.1) is 0 Å². The topological polar surface area (TPSA) is 25.8 Å².